The Balaban J connectivity index is 2.01. The lowest BCUT2D eigenvalue weighted by atomic mass is 10.2. The van der Waals surface area contributed by atoms with Crippen LogP contribution in [0, 0.1) is 6.92 Å². The van der Waals surface area contributed by atoms with E-state index < -0.39 is 9.84 Å². The van der Waals surface area contributed by atoms with Gasteiger partial charge in [-0.05, 0) is 20.9 Å². The molecule has 118 valence electrons. The number of carbonyl (C=O) groups excluding carboxylic acids is 1. The Morgan fingerprint density at radius 2 is 2.19 bits per heavy atom. The smallest absolute Gasteiger partial charge is 0.228 e. The Kier molecular flexibility index (Phi) is 4.62. The van der Waals surface area contributed by atoms with Gasteiger partial charge in [0.2, 0.25) is 11.9 Å². The summed E-state index contributed by atoms with van der Waals surface area (Å²) in [7, 11) is -1.21. The van der Waals surface area contributed by atoms with E-state index >= 15 is 0 Å². The van der Waals surface area contributed by atoms with Crippen LogP contribution in [0.3, 0.4) is 0 Å². The zero-order valence-electron chi connectivity index (χ0n) is 12.5. The lowest BCUT2D eigenvalue weighted by Gasteiger charge is -2.31. The predicted octanol–water partition coefficient (Wildman–Crippen LogP) is -0.336. The number of aryl methyl sites for hydroxylation is 2. The first-order valence-electron chi connectivity index (χ1n) is 6.92. The largest absolute Gasteiger partial charge is 0.301 e. The standard InChI is InChI=1S/C12H21N5O3S/c1-4-17-12(13-9(2)15-17)14-11(18)7-10-8-21(19,20)6-5-16(10)3/h10H,4-8H2,1-3H3,(H,13,14,15,18). The third-order valence-electron chi connectivity index (χ3n) is 3.57. The first-order valence-corrected chi connectivity index (χ1v) is 8.75. The first kappa shape index (κ1) is 15.9. The summed E-state index contributed by atoms with van der Waals surface area (Å²) in [5.41, 5.74) is 0. The third-order valence-corrected chi connectivity index (χ3v) is 5.27. The molecule has 1 atom stereocenters. The summed E-state index contributed by atoms with van der Waals surface area (Å²) >= 11 is 0. The maximum Gasteiger partial charge on any atom is 0.228 e. The molecule has 0 aromatic carbocycles. The number of nitrogens with one attached hydrogen (secondary N) is 1. The second-order valence-corrected chi connectivity index (χ2v) is 7.53. The van der Waals surface area contributed by atoms with Crippen LogP contribution in [0.5, 0.6) is 0 Å². The summed E-state index contributed by atoms with van der Waals surface area (Å²) in [6.45, 7) is 4.73. The van der Waals surface area contributed by atoms with Gasteiger partial charge in [-0.2, -0.15) is 10.1 Å². The van der Waals surface area contributed by atoms with Crippen LogP contribution >= 0.6 is 0 Å². The molecule has 8 nitrogen and oxygen atoms in total. The fourth-order valence-electron chi connectivity index (χ4n) is 2.34. The van der Waals surface area contributed by atoms with Gasteiger partial charge in [0.05, 0.1) is 11.5 Å². The van der Waals surface area contributed by atoms with Crippen molar-refractivity contribution in [1.82, 2.24) is 19.7 Å². The molecule has 1 aromatic heterocycles. The minimum absolute atomic E-state index is 0.0242. The van der Waals surface area contributed by atoms with E-state index in [9.17, 15) is 13.2 Å². The molecule has 1 amide bonds. The SMILES string of the molecule is CCn1nc(C)nc1NC(=O)CC1CS(=O)(=O)CCN1C. The number of amides is 1. The monoisotopic (exact) mass is 315 g/mol. The zero-order valence-corrected chi connectivity index (χ0v) is 13.4. The Morgan fingerprint density at radius 1 is 1.48 bits per heavy atom. The van der Waals surface area contributed by atoms with E-state index in [-0.39, 0.29) is 29.9 Å². The van der Waals surface area contributed by atoms with Crippen molar-refractivity contribution in [1.29, 1.82) is 0 Å². The second kappa shape index (κ2) is 6.10. The van der Waals surface area contributed by atoms with Crippen molar-refractivity contribution < 1.29 is 13.2 Å². The van der Waals surface area contributed by atoms with Gasteiger partial charge in [0.15, 0.2) is 9.84 Å². The number of rotatable bonds is 4. The highest BCUT2D eigenvalue weighted by atomic mass is 32.2. The Morgan fingerprint density at radius 3 is 2.86 bits per heavy atom. The minimum atomic E-state index is -3.05. The Bertz CT molecular complexity index is 625. The van der Waals surface area contributed by atoms with Gasteiger partial charge < -0.3 is 4.90 Å². The van der Waals surface area contributed by atoms with E-state index in [1.54, 1.807) is 11.6 Å². The summed E-state index contributed by atoms with van der Waals surface area (Å²) in [5, 5.41) is 6.86. The van der Waals surface area contributed by atoms with Crippen molar-refractivity contribution >= 4 is 21.7 Å². The first-order chi connectivity index (χ1) is 9.80. The quantitative estimate of drug-likeness (QED) is 0.817. The second-order valence-electron chi connectivity index (χ2n) is 5.30. The van der Waals surface area contributed by atoms with E-state index in [1.807, 2.05) is 18.9 Å². The molecule has 2 rings (SSSR count). The van der Waals surface area contributed by atoms with Crippen LogP contribution in [0.15, 0.2) is 0 Å². The lowest BCUT2D eigenvalue weighted by molar-refractivity contribution is -0.117. The van der Waals surface area contributed by atoms with Crippen molar-refractivity contribution in [3.63, 3.8) is 0 Å². The molecular weight excluding hydrogens is 294 g/mol. The van der Waals surface area contributed by atoms with Crippen LogP contribution < -0.4 is 5.32 Å². The van der Waals surface area contributed by atoms with Gasteiger partial charge >= 0.3 is 0 Å². The van der Waals surface area contributed by atoms with Crippen LogP contribution in [-0.2, 0) is 21.2 Å². The zero-order chi connectivity index (χ0) is 15.6. The fraction of sp³-hybridized carbons (Fsp3) is 0.750. The van der Waals surface area contributed by atoms with Crippen molar-refractivity contribution in [3.05, 3.63) is 5.82 Å². The molecule has 1 fully saturated rings. The third kappa shape index (κ3) is 4.01. The van der Waals surface area contributed by atoms with E-state index in [0.29, 0.717) is 24.9 Å². The number of anilines is 1. The van der Waals surface area contributed by atoms with Crippen LogP contribution in [0.25, 0.3) is 0 Å². The van der Waals surface area contributed by atoms with Gasteiger partial charge in [0, 0.05) is 25.6 Å². The molecule has 1 unspecified atom stereocenters. The summed E-state index contributed by atoms with van der Waals surface area (Å²) in [5.74, 6) is 0.929. The van der Waals surface area contributed by atoms with Crippen molar-refractivity contribution in [2.45, 2.75) is 32.9 Å². The van der Waals surface area contributed by atoms with Gasteiger partial charge in [-0.25, -0.2) is 13.1 Å². The summed E-state index contributed by atoms with van der Waals surface area (Å²) in [4.78, 5) is 18.2. The van der Waals surface area contributed by atoms with E-state index in [2.05, 4.69) is 15.4 Å². The van der Waals surface area contributed by atoms with Crippen molar-refractivity contribution in [3.8, 4) is 0 Å². The van der Waals surface area contributed by atoms with Crippen molar-refractivity contribution in [2.24, 2.45) is 0 Å². The molecule has 21 heavy (non-hydrogen) atoms. The molecule has 2 heterocycles. The van der Waals surface area contributed by atoms with E-state index in [1.165, 1.54) is 0 Å². The molecule has 0 radical (unpaired) electrons. The molecule has 1 N–H and O–H groups in total. The Labute approximate surface area is 124 Å². The highest BCUT2D eigenvalue weighted by Gasteiger charge is 2.30. The predicted molar refractivity (Wildman–Crippen MR) is 78.8 cm³/mol. The topological polar surface area (TPSA) is 97.2 Å². The normalized spacial score (nSPS) is 22.1. The van der Waals surface area contributed by atoms with Crippen molar-refractivity contribution in [2.75, 3.05) is 30.4 Å². The van der Waals surface area contributed by atoms with Gasteiger partial charge in [0.25, 0.3) is 0 Å². The molecule has 1 aliphatic rings. The van der Waals surface area contributed by atoms with Gasteiger partial charge in [-0.15, -0.1) is 0 Å². The molecule has 1 aromatic rings. The minimum Gasteiger partial charge on any atom is -0.301 e. The summed E-state index contributed by atoms with van der Waals surface area (Å²) in [6.07, 6.45) is 0.130. The number of nitrogens with zero attached hydrogens (tertiary/aromatic N) is 4. The molecule has 0 bridgehead atoms. The number of carbonyl (C=O) groups is 1. The maximum atomic E-state index is 12.1. The van der Waals surface area contributed by atoms with Crippen LogP contribution in [0.1, 0.15) is 19.2 Å². The van der Waals surface area contributed by atoms with Crippen LogP contribution in [0.2, 0.25) is 0 Å². The van der Waals surface area contributed by atoms with E-state index in [4.69, 9.17) is 0 Å². The highest BCUT2D eigenvalue weighted by Crippen LogP contribution is 2.14. The molecule has 9 heteroatoms. The molecule has 0 aliphatic carbocycles. The number of hydrogen-bond acceptors (Lipinski definition) is 6. The average molecular weight is 315 g/mol. The Hall–Kier alpha value is -1.48. The molecular formula is C12H21N5O3S. The molecule has 0 saturated carbocycles. The van der Waals surface area contributed by atoms with Crippen LogP contribution in [0.4, 0.5) is 5.95 Å². The van der Waals surface area contributed by atoms with E-state index in [0.717, 1.165) is 0 Å². The molecule has 0 spiro atoms. The molecule has 1 aliphatic heterocycles. The number of aromatic nitrogens is 3. The summed E-state index contributed by atoms with van der Waals surface area (Å²) in [6, 6.07) is -0.289. The van der Waals surface area contributed by atoms with Gasteiger partial charge in [-0.1, -0.05) is 0 Å². The van der Waals surface area contributed by atoms with Gasteiger partial charge in [0.1, 0.15) is 5.82 Å². The summed E-state index contributed by atoms with van der Waals surface area (Å²) < 4.78 is 24.9. The number of sulfone groups is 1. The molecule has 1 saturated heterocycles. The number of hydrogen-bond donors (Lipinski definition) is 1. The fourth-order valence-corrected chi connectivity index (χ4v) is 4.03. The van der Waals surface area contributed by atoms with Gasteiger partial charge in [-0.3, -0.25) is 10.1 Å². The average Bonchev–Trinajstić information content (AvgIpc) is 2.73. The van der Waals surface area contributed by atoms with Crippen LogP contribution in [-0.4, -0.2) is 65.1 Å². The highest BCUT2D eigenvalue weighted by molar-refractivity contribution is 7.91. The lowest BCUT2D eigenvalue weighted by Crippen LogP contribution is -2.47. The maximum absolute atomic E-state index is 12.1.